The van der Waals surface area contributed by atoms with Gasteiger partial charge < -0.3 is 24.8 Å². The molecule has 0 spiro atoms. The second-order valence-electron chi connectivity index (χ2n) is 2.00. The fourth-order valence-electron chi connectivity index (χ4n) is 0.414. The Kier molecular flexibility index (Phi) is 35.8. The van der Waals surface area contributed by atoms with Crippen molar-refractivity contribution in [3.63, 3.8) is 0 Å². The van der Waals surface area contributed by atoms with Gasteiger partial charge in [-0.25, -0.2) is 0 Å². The molecular weight excluding hydrogens is 316 g/mol. The predicted octanol–water partition coefficient (Wildman–Crippen LogP) is 2.29. The molecule has 0 aliphatic heterocycles. The molecule has 1 N–H and O–H groups in total. The summed E-state index contributed by atoms with van der Waals surface area (Å²) in [5, 5.41) is 0. The molecule has 0 aromatic rings. The van der Waals surface area contributed by atoms with Crippen molar-refractivity contribution >= 4 is 0 Å². The smallest absolute Gasteiger partial charge is 0.457 e. The molecule has 13 heavy (non-hydrogen) atoms. The summed E-state index contributed by atoms with van der Waals surface area (Å²) >= 11 is 0. The van der Waals surface area contributed by atoms with Crippen molar-refractivity contribution < 1.29 is 70.3 Å². The number of hydroxylamine groups is 1. The largest absolute Gasteiger partial charge is 3.00 e. The van der Waals surface area contributed by atoms with Crippen molar-refractivity contribution in [3.8, 4) is 0 Å². The number of unbranched alkanes of at least 4 members (excludes halogenated alkanes) is 1. The molecule has 0 amide bonds. The van der Waals surface area contributed by atoms with Gasteiger partial charge in [-0.3, -0.25) is 0 Å². The fraction of sp³-hybridized carbons (Fsp3) is 0.556. The van der Waals surface area contributed by atoms with Gasteiger partial charge in [-0.1, -0.05) is 5.76 Å². The SMILES string of the molecule is C[C-]=C(C)ONCC[CH-]C.[CH3-].[Y+3].[Y]. The summed E-state index contributed by atoms with van der Waals surface area (Å²) in [6, 6.07) is 0. The quantitative estimate of drug-likeness (QED) is 0.361. The van der Waals surface area contributed by atoms with Gasteiger partial charge in [-0.2, -0.15) is 25.7 Å². The zero-order chi connectivity index (χ0) is 7.82. The third-order valence-electron chi connectivity index (χ3n) is 1.11. The summed E-state index contributed by atoms with van der Waals surface area (Å²) in [6.07, 6.45) is 5.98. The number of hydrogen-bond acceptors (Lipinski definition) is 2. The third-order valence-corrected chi connectivity index (χ3v) is 1.11. The fourth-order valence-corrected chi connectivity index (χ4v) is 0.414. The summed E-state index contributed by atoms with van der Waals surface area (Å²) in [6.45, 7) is 6.57. The van der Waals surface area contributed by atoms with Gasteiger partial charge in [0.05, 0.1) is 0 Å². The van der Waals surface area contributed by atoms with Crippen LogP contribution in [0.25, 0.3) is 0 Å². The summed E-state index contributed by atoms with van der Waals surface area (Å²) in [4.78, 5) is 5.03. The first-order chi connectivity index (χ1) is 4.81. The van der Waals surface area contributed by atoms with E-state index in [1.807, 2.05) is 20.8 Å². The zero-order valence-corrected chi connectivity index (χ0v) is 14.7. The van der Waals surface area contributed by atoms with Crippen LogP contribution >= 0.6 is 0 Å². The van der Waals surface area contributed by atoms with Crippen LogP contribution in [-0.4, -0.2) is 6.54 Å². The second kappa shape index (κ2) is 19.3. The molecule has 0 aliphatic rings. The Labute approximate surface area is 133 Å². The summed E-state index contributed by atoms with van der Waals surface area (Å²) in [5.41, 5.74) is 2.81. The summed E-state index contributed by atoms with van der Waals surface area (Å²) < 4.78 is 0. The molecule has 0 bridgehead atoms. The van der Waals surface area contributed by atoms with E-state index in [0.29, 0.717) is 0 Å². The molecule has 0 unspecified atom stereocenters. The molecule has 0 aliphatic carbocycles. The van der Waals surface area contributed by atoms with Crippen molar-refractivity contribution in [2.45, 2.75) is 27.2 Å². The minimum Gasteiger partial charge on any atom is -0.457 e. The first-order valence-electron chi connectivity index (χ1n) is 3.50. The van der Waals surface area contributed by atoms with Crippen LogP contribution < -0.4 is 5.48 Å². The number of hydrogen-bond donors (Lipinski definition) is 1. The van der Waals surface area contributed by atoms with Crippen molar-refractivity contribution in [2.75, 3.05) is 6.54 Å². The van der Waals surface area contributed by atoms with Crippen molar-refractivity contribution in [3.05, 3.63) is 25.7 Å². The van der Waals surface area contributed by atoms with E-state index in [4.69, 9.17) is 4.84 Å². The molecule has 4 heteroatoms. The second-order valence-corrected chi connectivity index (χ2v) is 2.00. The molecule has 0 aromatic heterocycles. The molecule has 1 radical (unpaired) electrons. The average molecular weight is 334 g/mol. The monoisotopic (exact) mass is 334 g/mol. The minimum absolute atomic E-state index is 0. The maximum Gasteiger partial charge on any atom is 3.00 e. The standard InChI is InChI=1S/C8H15NO.CH3.2Y/c1-4-6-7-9-10-8(3)5-2;;;/h4,9H,6-7H2,1-3H3;1H3;;/q-2;-1;;+3. The minimum atomic E-state index is 0. The van der Waals surface area contributed by atoms with E-state index in [1.54, 1.807) is 0 Å². The summed E-state index contributed by atoms with van der Waals surface area (Å²) in [5.74, 6) is 0.788. The molecule has 0 aromatic carbocycles. The Bertz CT molecular complexity index is 108. The predicted molar refractivity (Wildman–Crippen MR) is 48.2 cm³/mol. The van der Waals surface area contributed by atoms with Crippen molar-refractivity contribution in [1.29, 1.82) is 0 Å². The molecule has 0 heterocycles. The van der Waals surface area contributed by atoms with Gasteiger partial charge in [-0.05, 0) is 6.92 Å². The molecule has 2 nitrogen and oxygen atoms in total. The maximum absolute atomic E-state index is 5.03. The van der Waals surface area contributed by atoms with Crippen LogP contribution in [0.5, 0.6) is 0 Å². The number of rotatable bonds is 5. The van der Waals surface area contributed by atoms with E-state index in [-0.39, 0.29) is 72.8 Å². The van der Waals surface area contributed by atoms with Crippen molar-refractivity contribution in [2.24, 2.45) is 0 Å². The Balaban J connectivity index is -0.000000135. The van der Waals surface area contributed by atoms with E-state index in [2.05, 4.69) is 18.0 Å². The van der Waals surface area contributed by atoms with E-state index < -0.39 is 0 Å². The van der Waals surface area contributed by atoms with Gasteiger partial charge in [0.1, 0.15) is 0 Å². The van der Waals surface area contributed by atoms with Crippen LogP contribution in [0.2, 0.25) is 0 Å². The third kappa shape index (κ3) is 19.9. The Morgan fingerprint density at radius 1 is 1.54 bits per heavy atom. The van der Waals surface area contributed by atoms with Gasteiger partial charge in [0.25, 0.3) is 0 Å². The van der Waals surface area contributed by atoms with Crippen molar-refractivity contribution in [1.82, 2.24) is 5.48 Å². The van der Waals surface area contributed by atoms with E-state index in [9.17, 15) is 0 Å². The first kappa shape index (κ1) is 24.1. The average Bonchev–Trinajstić information content (AvgIpc) is 1.98. The van der Waals surface area contributed by atoms with Crippen LogP contribution in [0.3, 0.4) is 0 Å². The number of nitrogens with one attached hydrogen (secondary N) is 1. The van der Waals surface area contributed by atoms with E-state index in [0.717, 1.165) is 18.7 Å². The first-order valence-corrected chi connectivity index (χ1v) is 3.50. The molecule has 0 atom stereocenters. The molecule has 0 saturated heterocycles. The van der Waals surface area contributed by atoms with Crippen LogP contribution in [0.1, 0.15) is 27.2 Å². The normalized spacial score (nSPS) is 9.00. The van der Waals surface area contributed by atoms with E-state index >= 15 is 0 Å². The number of allylic oxidation sites excluding steroid dienone is 2. The van der Waals surface area contributed by atoms with Gasteiger partial charge >= 0.3 is 32.7 Å². The van der Waals surface area contributed by atoms with Crippen LogP contribution in [0.4, 0.5) is 0 Å². The van der Waals surface area contributed by atoms with Crippen LogP contribution in [-0.2, 0) is 70.3 Å². The topological polar surface area (TPSA) is 21.3 Å². The molecule has 0 rings (SSSR count). The Hall–Kier alpha value is 1.71. The van der Waals surface area contributed by atoms with Gasteiger partial charge in [0.2, 0.25) is 0 Å². The molecule has 0 fully saturated rings. The van der Waals surface area contributed by atoms with Crippen LogP contribution in [0.15, 0.2) is 5.76 Å². The Morgan fingerprint density at radius 3 is 2.46 bits per heavy atom. The molecular formula is C9H18NOY2. The maximum atomic E-state index is 5.03. The van der Waals surface area contributed by atoms with E-state index in [1.165, 1.54) is 0 Å². The van der Waals surface area contributed by atoms with Crippen LogP contribution in [0, 0.1) is 19.9 Å². The summed E-state index contributed by atoms with van der Waals surface area (Å²) in [7, 11) is 0. The Morgan fingerprint density at radius 2 is 2.08 bits per heavy atom. The van der Waals surface area contributed by atoms with Gasteiger partial charge in [-0.15, -0.1) is 0 Å². The zero-order valence-electron chi connectivity index (χ0n) is 9.05. The molecule has 71 valence electrons. The van der Waals surface area contributed by atoms with Gasteiger partial charge in [0, 0.05) is 39.3 Å². The molecule has 0 saturated carbocycles. The van der Waals surface area contributed by atoms with Gasteiger partial charge in [0.15, 0.2) is 0 Å².